The van der Waals surface area contributed by atoms with Crippen molar-refractivity contribution in [3.05, 3.63) is 69.4 Å². The second-order valence-corrected chi connectivity index (χ2v) is 6.40. The number of benzene rings is 2. The highest BCUT2D eigenvalue weighted by Crippen LogP contribution is 2.23. The second-order valence-electron chi connectivity index (χ2n) is 5.48. The van der Waals surface area contributed by atoms with Crippen LogP contribution in [-0.2, 0) is 6.42 Å². The van der Waals surface area contributed by atoms with Gasteiger partial charge in [0.05, 0.1) is 6.04 Å². The van der Waals surface area contributed by atoms with Crippen molar-refractivity contribution >= 4 is 15.9 Å². The Morgan fingerprint density at radius 1 is 1.10 bits per heavy atom. The van der Waals surface area contributed by atoms with Gasteiger partial charge >= 0.3 is 0 Å². The Bertz CT molecular complexity index is 596. The minimum Gasteiger partial charge on any atom is -0.271 e. The molecule has 2 nitrogen and oxygen atoms in total. The Hall–Kier alpha value is -1.23. The first kappa shape index (κ1) is 16.1. The Balaban J connectivity index is 2.19. The molecule has 2 aromatic rings. The van der Waals surface area contributed by atoms with Gasteiger partial charge in [0.1, 0.15) is 5.82 Å². The number of halogens is 2. The van der Waals surface area contributed by atoms with Gasteiger partial charge in [-0.2, -0.15) is 0 Å². The number of nitrogens with one attached hydrogen (secondary N) is 1. The largest absolute Gasteiger partial charge is 0.271 e. The van der Waals surface area contributed by atoms with Crippen LogP contribution in [0.2, 0.25) is 0 Å². The molecule has 0 saturated heterocycles. The normalized spacial score (nSPS) is 12.7. The number of nitrogens with two attached hydrogens (primary N) is 1. The van der Waals surface area contributed by atoms with E-state index in [1.165, 1.54) is 11.6 Å². The molecular weight excluding hydrogens is 331 g/mol. The predicted molar refractivity (Wildman–Crippen MR) is 88.4 cm³/mol. The number of hydrogen-bond donors (Lipinski definition) is 2. The van der Waals surface area contributed by atoms with Crippen molar-refractivity contribution in [2.45, 2.75) is 32.2 Å². The van der Waals surface area contributed by atoms with Crippen LogP contribution in [0.1, 0.15) is 42.5 Å². The summed E-state index contributed by atoms with van der Waals surface area (Å²) in [5, 5.41) is 0. The van der Waals surface area contributed by atoms with E-state index < -0.39 is 0 Å². The lowest BCUT2D eigenvalue weighted by Gasteiger charge is -2.18. The Morgan fingerprint density at radius 2 is 1.71 bits per heavy atom. The fourth-order valence-corrected chi connectivity index (χ4v) is 2.63. The van der Waals surface area contributed by atoms with Gasteiger partial charge in [-0.15, -0.1) is 0 Å². The molecule has 0 bridgehead atoms. The average Bonchev–Trinajstić information content (AvgIpc) is 2.47. The van der Waals surface area contributed by atoms with Crippen molar-refractivity contribution in [2.75, 3.05) is 0 Å². The monoisotopic (exact) mass is 350 g/mol. The zero-order valence-electron chi connectivity index (χ0n) is 12.2. The van der Waals surface area contributed by atoms with Gasteiger partial charge in [-0.05, 0) is 41.2 Å². The minimum atomic E-state index is -0.219. The molecule has 0 amide bonds. The lowest BCUT2D eigenvalue weighted by Crippen LogP contribution is -2.29. The molecule has 1 unspecified atom stereocenters. The molecule has 0 aliphatic heterocycles. The van der Waals surface area contributed by atoms with Gasteiger partial charge in [-0.1, -0.05) is 60.1 Å². The van der Waals surface area contributed by atoms with E-state index in [-0.39, 0.29) is 11.9 Å². The molecule has 21 heavy (non-hydrogen) atoms. The molecule has 0 aliphatic rings. The van der Waals surface area contributed by atoms with E-state index in [9.17, 15) is 4.39 Å². The summed E-state index contributed by atoms with van der Waals surface area (Å²) in [6.07, 6.45) is 0.511. The van der Waals surface area contributed by atoms with Crippen molar-refractivity contribution < 1.29 is 4.39 Å². The van der Waals surface area contributed by atoms with Crippen LogP contribution in [0.4, 0.5) is 4.39 Å². The van der Waals surface area contributed by atoms with Gasteiger partial charge in [0.25, 0.3) is 0 Å². The third-order valence-corrected chi connectivity index (χ3v) is 4.14. The summed E-state index contributed by atoms with van der Waals surface area (Å²) in [6.45, 7) is 4.32. The highest BCUT2D eigenvalue weighted by atomic mass is 79.9. The van der Waals surface area contributed by atoms with Gasteiger partial charge in [0, 0.05) is 4.47 Å². The van der Waals surface area contributed by atoms with Crippen molar-refractivity contribution in [1.29, 1.82) is 0 Å². The third kappa shape index (κ3) is 4.13. The summed E-state index contributed by atoms with van der Waals surface area (Å²) < 4.78 is 14.7. The lowest BCUT2D eigenvalue weighted by atomic mass is 9.96. The summed E-state index contributed by atoms with van der Waals surface area (Å²) in [5.41, 5.74) is 5.77. The summed E-state index contributed by atoms with van der Waals surface area (Å²) in [6, 6.07) is 13.3. The van der Waals surface area contributed by atoms with Gasteiger partial charge in [-0.3, -0.25) is 11.3 Å². The lowest BCUT2D eigenvalue weighted by molar-refractivity contribution is 0.528. The zero-order chi connectivity index (χ0) is 15.4. The van der Waals surface area contributed by atoms with Crippen LogP contribution in [-0.4, -0.2) is 0 Å². The highest BCUT2D eigenvalue weighted by Gasteiger charge is 2.14. The first-order valence-electron chi connectivity index (χ1n) is 7.01. The minimum absolute atomic E-state index is 0.109. The van der Waals surface area contributed by atoms with Crippen LogP contribution in [0.5, 0.6) is 0 Å². The Kier molecular flexibility index (Phi) is 5.51. The van der Waals surface area contributed by atoms with Gasteiger partial charge in [0.15, 0.2) is 0 Å². The summed E-state index contributed by atoms with van der Waals surface area (Å²) in [5.74, 6) is 5.92. The molecule has 0 fully saturated rings. The fraction of sp³-hybridized carbons (Fsp3) is 0.294. The van der Waals surface area contributed by atoms with Crippen LogP contribution in [0, 0.1) is 5.82 Å². The molecule has 0 saturated carbocycles. The summed E-state index contributed by atoms with van der Waals surface area (Å²) in [7, 11) is 0. The van der Waals surface area contributed by atoms with E-state index in [0.717, 1.165) is 10.0 Å². The molecule has 0 aromatic heterocycles. The molecule has 112 valence electrons. The molecule has 2 aromatic carbocycles. The summed E-state index contributed by atoms with van der Waals surface area (Å²) in [4.78, 5) is 0. The number of hydrogen-bond acceptors (Lipinski definition) is 2. The van der Waals surface area contributed by atoms with E-state index in [4.69, 9.17) is 5.84 Å². The molecule has 2 rings (SSSR count). The quantitative estimate of drug-likeness (QED) is 0.617. The molecule has 0 heterocycles. The zero-order valence-corrected chi connectivity index (χ0v) is 13.8. The van der Waals surface area contributed by atoms with Gasteiger partial charge in [0.2, 0.25) is 0 Å². The maximum absolute atomic E-state index is 13.9. The van der Waals surface area contributed by atoms with Gasteiger partial charge < -0.3 is 0 Å². The standard InChI is InChI=1S/C17H20BrFN2/c1-11(2)12-3-5-13(6-4-12)17(21-20)9-14-7-8-15(18)10-16(14)19/h3-8,10-11,17,21H,9,20H2,1-2H3. The first-order valence-corrected chi connectivity index (χ1v) is 7.80. The van der Waals surface area contributed by atoms with E-state index >= 15 is 0 Å². The van der Waals surface area contributed by atoms with Crippen molar-refractivity contribution in [2.24, 2.45) is 5.84 Å². The average molecular weight is 351 g/mol. The maximum atomic E-state index is 13.9. The molecular formula is C17H20BrFN2. The first-order chi connectivity index (χ1) is 10.0. The number of rotatable bonds is 5. The molecule has 0 spiro atoms. The van der Waals surface area contributed by atoms with Crippen LogP contribution >= 0.6 is 15.9 Å². The van der Waals surface area contributed by atoms with Crippen molar-refractivity contribution in [3.8, 4) is 0 Å². The van der Waals surface area contributed by atoms with Crippen LogP contribution in [0.3, 0.4) is 0 Å². The Morgan fingerprint density at radius 3 is 2.24 bits per heavy atom. The molecule has 4 heteroatoms. The number of hydrazine groups is 1. The third-order valence-electron chi connectivity index (χ3n) is 3.65. The molecule has 0 aliphatic carbocycles. The van der Waals surface area contributed by atoms with Crippen molar-refractivity contribution in [3.63, 3.8) is 0 Å². The van der Waals surface area contributed by atoms with E-state index in [1.807, 2.05) is 6.07 Å². The SMILES string of the molecule is CC(C)c1ccc(C(Cc2ccc(Br)cc2F)NN)cc1. The van der Waals surface area contributed by atoms with Crippen LogP contribution in [0.15, 0.2) is 46.9 Å². The van der Waals surface area contributed by atoms with E-state index in [0.29, 0.717) is 17.9 Å². The van der Waals surface area contributed by atoms with Gasteiger partial charge in [-0.25, -0.2) is 4.39 Å². The molecule has 0 radical (unpaired) electrons. The molecule has 3 N–H and O–H groups in total. The summed E-state index contributed by atoms with van der Waals surface area (Å²) >= 11 is 3.27. The Labute approximate surface area is 133 Å². The van der Waals surface area contributed by atoms with E-state index in [1.54, 1.807) is 6.07 Å². The second kappa shape index (κ2) is 7.16. The highest BCUT2D eigenvalue weighted by molar-refractivity contribution is 9.10. The maximum Gasteiger partial charge on any atom is 0.127 e. The van der Waals surface area contributed by atoms with Crippen LogP contribution in [0.25, 0.3) is 0 Å². The smallest absolute Gasteiger partial charge is 0.127 e. The predicted octanol–water partition coefficient (Wildman–Crippen LogP) is 4.46. The fourth-order valence-electron chi connectivity index (χ4n) is 2.29. The molecule has 1 atom stereocenters. The van der Waals surface area contributed by atoms with E-state index in [2.05, 4.69) is 59.5 Å². The topological polar surface area (TPSA) is 38.0 Å². The van der Waals surface area contributed by atoms with Crippen molar-refractivity contribution in [1.82, 2.24) is 5.43 Å². The van der Waals surface area contributed by atoms with Crippen LogP contribution < -0.4 is 11.3 Å².